The van der Waals surface area contributed by atoms with Crippen LogP contribution in [-0.4, -0.2) is 17.3 Å². The summed E-state index contributed by atoms with van der Waals surface area (Å²) in [6.07, 6.45) is 3.63. The molecule has 0 aromatic carbocycles. The van der Waals surface area contributed by atoms with E-state index in [1.54, 1.807) is 0 Å². The van der Waals surface area contributed by atoms with Crippen molar-refractivity contribution in [3.05, 3.63) is 0 Å². The first-order valence-corrected chi connectivity index (χ1v) is 5.95. The van der Waals surface area contributed by atoms with Crippen LogP contribution >= 0.6 is 11.8 Å². The predicted octanol–water partition coefficient (Wildman–Crippen LogP) is 3.68. The smallest absolute Gasteiger partial charge is 0.103 e. The van der Waals surface area contributed by atoms with Gasteiger partial charge in [0.05, 0.1) is 0 Å². The monoisotopic (exact) mass is 190 g/mol. The minimum Gasteiger partial charge on any atom is -0.368 e. The zero-order valence-electron chi connectivity index (χ0n) is 8.80. The Morgan fingerprint density at radius 3 is 2.33 bits per heavy atom. The molecule has 0 N–H and O–H groups in total. The first-order valence-electron chi connectivity index (χ1n) is 5.01. The van der Waals surface area contributed by atoms with Gasteiger partial charge in [0.1, 0.15) is 5.44 Å². The summed E-state index contributed by atoms with van der Waals surface area (Å²) in [5, 5.41) is 0.730. The highest BCUT2D eigenvalue weighted by Gasteiger charge is 2.10. The molecule has 2 atom stereocenters. The van der Waals surface area contributed by atoms with Crippen molar-refractivity contribution in [2.75, 3.05) is 6.61 Å². The van der Waals surface area contributed by atoms with Crippen LogP contribution in [0.5, 0.6) is 0 Å². The normalized spacial score (nSPS) is 16.0. The van der Waals surface area contributed by atoms with Gasteiger partial charge in [0.2, 0.25) is 0 Å². The molecule has 0 rings (SSSR count). The average Bonchev–Trinajstić information content (AvgIpc) is 2.05. The zero-order valence-corrected chi connectivity index (χ0v) is 9.62. The molecule has 0 aromatic rings. The summed E-state index contributed by atoms with van der Waals surface area (Å²) < 4.78 is 5.62. The molecule has 0 saturated carbocycles. The van der Waals surface area contributed by atoms with Crippen LogP contribution in [0.3, 0.4) is 0 Å². The van der Waals surface area contributed by atoms with Gasteiger partial charge in [-0.2, -0.15) is 0 Å². The van der Waals surface area contributed by atoms with E-state index in [9.17, 15) is 0 Å². The summed E-state index contributed by atoms with van der Waals surface area (Å²) in [4.78, 5) is 0. The maximum Gasteiger partial charge on any atom is 0.103 e. The van der Waals surface area contributed by atoms with Crippen molar-refractivity contribution in [1.29, 1.82) is 0 Å². The van der Waals surface area contributed by atoms with E-state index < -0.39 is 0 Å². The minimum absolute atomic E-state index is 0.426. The molecule has 0 heterocycles. The molecular formula is C10H22OS. The van der Waals surface area contributed by atoms with E-state index in [2.05, 4.69) is 27.7 Å². The van der Waals surface area contributed by atoms with Gasteiger partial charge in [0, 0.05) is 11.9 Å². The molecule has 12 heavy (non-hydrogen) atoms. The lowest BCUT2D eigenvalue weighted by Gasteiger charge is -2.19. The standard InChI is InChI=1S/C10H22OS/c1-5-8-10(11-7-3)12-9(4)6-2/h9-10H,5-8H2,1-4H3. The second-order valence-corrected chi connectivity index (χ2v) is 4.63. The molecule has 1 nitrogen and oxygen atoms in total. The van der Waals surface area contributed by atoms with Crippen molar-refractivity contribution in [3.8, 4) is 0 Å². The lowest BCUT2D eigenvalue weighted by molar-refractivity contribution is 0.118. The van der Waals surface area contributed by atoms with E-state index >= 15 is 0 Å². The Labute approximate surface area is 81.3 Å². The summed E-state index contributed by atoms with van der Waals surface area (Å²) >= 11 is 1.97. The van der Waals surface area contributed by atoms with Gasteiger partial charge >= 0.3 is 0 Å². The van der Waals surface area contributed by atoms with Crippen LogP contribution in [0.4, 0.5) is 0 Å². The Balaban J connectivity index is 3.61. The van der Waals surface area contributed by atoms with Crippen molar-refractivity contribution < 1.29 is 4.74 Å². The van der Waals surface area contributed by atoms with Crippen LogP contribution in [0, 0.1) is 0 Å². The van der Waals surface area contributed by atoms with Crippen LogP contribution in [0.2, 0.25) is 0 Å². The van der Waals surface area contributed by atoms with Crippen LogP contribution in [0.15, 0.2) is 0 Å². The molecule has 0 spiro atoms. The van der Waals surface area contributed by atoms with E-state index in [1.165, 1.54) is 19.3 Å². The Kier molecular flexibility index (Phi) is 8.14. The molecule has 0 saturated heterocycles. The minimum atomic E-state index is 0.426. The van der Waals surface area contributed by atoms with Crippen molar-refractivity contribution in [1.82, 2.24) is 0 Å². The number of hydrogen-bond acceptors (Lipinski definition) is 2. The van der Waals surface area contributed by atoms with Crippen LogP contribution < -0.4 is 0 Å². The fraction of sp³-hybridized carbons (Fsp3) is 1.00. The molecule has 2 unspecified atom stereocenters. The lowest BCUT2D eigenvalue weighted by Crippen LogP contribution is -2.12. The SMILES string of the molecule is CCCC(OCC)SC(C)CC. The fourth-order valence-electron chi connectivity index (χ4n) is 0.968. The molecule has 0 bridgehead atoms. The molecule has 0 aliphatic rings. The van der Waals surface area contributed by atoms with Gasteiger partial charge in [-0.1, -0.05) is 27.2 Å². The van der Waals surface area contributed by atoms with Crippen molar-refractivity contribution in [2.24, 2.45) is 0 Å². The van der Waals surface area contributed by atoms with E-state index in [1.807, 2.05) is 11.8 Å². The Bertz CT molecular complexity index is 89.8. The lowest BCUT2D eigenvalue weighted by atomic mass is 10.3. The highest BCUT2D eigenvalue weighted by Crippen LogP contribution is 2.24. The Morgan fingerprint density at radius 2 is 1.92 bits per heavy atom. The van der Waals surface area contributed by atoms with Crippen molar-refractivity contribution in [2.45, 2.75) is 57.6 Å². The maximum absolute atomic E-state index is 5.62. The molecule has 0 aliphatic heterocycles. The Morgan fingerprint density at radius 1 is 1.25 bits per heavy atom. The second-order valence-electron chi connectivity index (χ2n) is 3.03. The van der Waals surface area contributed by atoms with Gasteiger partial charge in [0.15, 0.2) is 0 Å². The second kappa shape index (κ2) is 7.93. The number of rotatable bonds is 7. The third kappa shape index (κ3) is 5.90. The quantitative estimate of drug-likeness (QED) is 0.566. The first-order chi connectivity index (χ1) is 5.74. The molecule has 0 aromatic heterocycles. The molecule has 74 valence electrons. The summed E-state index contributed by atoms with van der Waals surface area (Å²) in [5.41, 5.74) is 0.426. The topological polar surface area (TPSA) is 9.23 Å². The summed E-state index contributed by atoms with van der Waals surface area (Å²) in [6, 6.07) is 0. The molecule has 0 fully saturated rings. The average molecular weight is 190 g/mol. The fourth-order valence-corrected chi connectivity index (χ4v) is 2.26. The van der Waals surface area contributed by atoms with Gasteiger partial charge < -0.3 is 4.74 Å². The zero-order chi connectivity index (χ0) is 9.40. The van der Waals surface area contributed by atoms with Crippen LogP contribution in [0.1, 0.15) is 47.0 Å². The molecule has 0 aliphatic carbocycles. The van der Waals surface area contributed by atoms with E-state index in [0.717, 1.165) is 11.9 Å². The molecule has 2 heteroatoms. The summed E-state index contributed by atoms with van der Waals surface area (Å²) in [7, 11) is 0. The van der Waals surface area contributed by atoms with Crippen molar-refractivity contribution >= 4 is 11.8 Å². The van der Waals surface area contributed by atoms with Crippen LogP contribution in [0.25, 0.3) is 0 Å². The first kappa shape index (κ1) is 12.3. The van der Waals surface area contributed by atoms with E-state index in [0.29, 0.717) is 5.44 Å². The molecule has 0 radical (unpaired) electrons. The highest BCUT2D eigenvalue weighted by molar-refractivity contribution is 8.00. The highest BCUT2D eigenvalue weighted by atomic mass is 32.2. The van der Waals surface area contributed by atoms with Crippen molar-refractivity contribution in [3.63, 3.8) is 0 Å². The third-order valence-corrected chi connectivity index (χ3v) is 3.31. The summed E-state index contributed by atoms with van der Waals surface area (Å²) in [6.45, 7) is 9.62. The number of ether oxygens (including phenoxy) is 1. The molecule has 0 amide bonds. The van der Waals surface area contributed by atoms with Gasteiger partial charge in [-0.3, -0.25) is 0 Å². The Hall–Kier alpha value is 0.310. The third-order valence-electron chi connectivity index (χ3n) is 1.84. The van der Waals surface area contributed by atoms with E-state index in [-0.39, 0.29) is 0 Å². The number of hydrogen-bond donors (Lipinski definition) is 0. The number of thioether (sulfide) groups is 1. The van der Waals surface area contributed by atoms with Gasteiger partial charge in [-0.05, 0) is 19.8 Å². The molecular weight excluding hydrogens is 168 g/mol. The van der Waals surface area contributed by atoms with Gasteiger partial charge in [-0.25, -0.2) is 0 Å². The van der Waals surface area contributed by atoms with E-state index in [4.69, 9.17) is 4.74 Å². The van der Waals surface area contributed by atoms with Gasteiger partial charge in [0.25, 0.3) is 0 Å². The predicted molar refractivity (Wildman–Crippen MR) is 57.7 cm³/mol. The maximum atomic E-state index is 5.62. The van der Waals surface area contributed by atoms with Crippen LogP contribution in [-0.2, 0) is 4.74 Å². The van der Waals surface area contributed by atoms with Gasteiger partial charge in [-0.15, -0.1) is 11.8 Å². The largest absolute Gasteiger partial charge is 0.368 e. The summed E-state index contributed by atoms with van der Waals surface area (Å²) in [5.74, 6) is 0.